The number of nitrogens with zero attached hydrogens (tertiary/aromatic N) is 3. The third-order valence-electron chi connectivity index (χ3n) is 4.77. The lowest BCUT2D eigenvalue weighted by molar-refractivity contribution is 0.500. The predicted octanol–water partition coefficient (Wildman–Crippen LogP) is 5.50. The van der Waals surface area contributed by atoms with Gasteiger partial charge in [0.25, 0.3) is 0 Å². The zero-order chi connectivity index (χ0) is 19.2. The second-order valence-corrected chi connectivity index (χ2v) is 6.88. The number of halogens is 1. The van der Waals surface area contributed by atoms with Crippen LogP contribution in [-0.2, 0) is 0 Å². The summed E-state index contributed by atoms with van der Waals surface area (Å²) in [5.74, 6) is 1.15. The Morgan fingerprint density at radius 3 is 2.81 bits per heavy atom. The normalized spacial score (nSPS) is 11.7. The summed E-state index contributed by atoms with van der Waals surface area (Å²) in [4.78, 5) is 7.70. The first-order valence-corrected chi connectivity index (χ1v) is 9.32. The van der Waals surface area contributed by atoms with E-state index in [1.165, 1.54) is 0 Å². The molecule has 2 N–H and O–H groups in total. The van der Waals surface area contributed by atoms with Gasteiger partial charge in [0.1, 0.15) is 5.82 Å². The molecule has 2 aromatic heterocycles. The van der Waals surface area contributed by atoms with Crippen LogP contribution in [0.1, 0.15) is 31.7 Å². The maximum atomic E-state index is 9.14. The van der Waals surface area contributed by atoms with Gasteiger partial charge in [0.2, 0.25) is 0 Å². The first-order chi connectivity index (χ1) is 13.2. The van der Waals surface area contributed by atoms with Crippen LogP contribution >= 0.6 is 11.6 Å². The van der Waals surface area contributed by atoms with E-state index in [1.807, 2.05) is 24.4 Å². The van der Waals surface area contributed by atoms with Gasteiger partial charge in [0, 0.05) is 47.4 Å². The largest absolute Gasteiger partial charge is 0.370 e. The van der Waals surface area contributed by atoms with Crippen LogP contribution < -0.4 is 5.32 Å². The van der Waals surface area contributed by atoms with E-state index in [0.29, 0.717) is 22.9 Å². The topological polar surface area (TPSA) is 88.3 Å². The molecule has 5 nitrogen and oxygen atoms in total. The van der Waals surface area contributed by atoms with Gasteiger partial charge in [-0.05, 0) is 36.6 Å². The molecule has 0 radical (unpaired) electrons. The van der Waals surface area contributed by atoms with Gasteiger partial charge in [-0.25, -0.2) is 4.98 Å². The smallest absolute Gasteiger partial charge is 0.127 e. The average molecular weight is 378 g/mol. The van der Waals surface area contributed by atoms with Crippen molar-refractivity contribution in [3.63, 3.8) is 0 Å². The summed E-state index contributed by atoms with van der Waals surface area (Å²) in [5.41, 5.74) is 3.30. The summed E-state index contributed by atoms with van der Waals surface area (Å²) in [6.45, 7) is 2.89. The van der Waals surface area contributed by atoms with E-state index in [-0.39, 0.29) is 0 Å². The number of nitrogens with one attached hydrogen (secondary N) is 2. The molecule has 0 saturated heterocycles. The Morgan fingerprint density at radius 1 is 1.26 bits per heavy atom. The Labute approximate surface area is 163 Å². The Morgan fingerprint density at radius 2 is 2.11 bits per heavy atom. The van der Waals surface area contributed by atoms with Crippen molar-refractivity contribution in [2.24, 2.45) is 5.92 Å². The number of aromatic amines is 1. The third kappa shape index (κ3) is 4.22. The molecule has 27 heavy (non-hydrogen) atoms. The lowest BCUT2D eigenvalue weighted by Crippen LogP contribution is -2.14. The molecule has 3 rings (SSSR count). The van der Waals surface area contributed by atoms with E-state index in [9.17, 15) is 0 Å². The minimum atomic E-state index is 0.433. The molecule has 6 heteroatoms. The van der Waals surface area contributed by atoms with E-state index < -0.39 is 0 Å². The Hall–Kier alpha value is -3.02. The first-order valence-electron chi connectivity index (χ1n) is 8.94. The molecule has 2 heterocycles. The summed E-state index contributed by atoms with van der Waals surface area (Å²) >= 11 is 6.53. The molecule has 0 aliphatic rings. The second-order valence-electron chi connectivity index (χ2n) is 6.48. The number of rotatable bonds is 7. The molecule has 1 unspecified atom stereocenters. The number of hydrogen-bond donors (Lipinski definition) is 2. The molecule has 136 valence electrons. The molecule has 0 saturated carbocycles. The number of hydrogen-bond acceptors (Lipinski definition) is 4. The summed E-state index contributed by atoms with van der Waals surface area (Å²) in [7, 11) is 0. The first kappa shape index (κ1) is 18.8. The molecule has 0 aliphatic carbocycles. The molecule has 0 fully saturated rings. The summed E-state index contributed by atoms with van der Waals surface area (Å²) < 4.78 is 0. The van der Waals surface area contributed by atoms with Crippen molar-refractivity contribution in [2.45, 2.75) is 26.2 Å². The highest BCUT2D eigenvalue weighted by atomic mass is 35.5. The van der Waals surface area contributed by atoms with Crippen molar-refractivity contribution in [2.75, 3.05) is 11.9 Å². The fraction of sp³-hybridized carbons (Fsp3) is 0.286. The van der Waals surface area contributed by atoms with Crippen LogP contribution in [0.3, 0.4) is 0 Å². The van der Waals surface area contributed by atoms with Crippen molar-refractivity contribution in [1.82, 2.24) is 9.97 Å². The average Bonchev–Trinajstić information content (AvgIpc) is 3.11. The summed E-state index contributed by atoms with van der Waals surface area (Å²) in [5, 5.41) is 22.7. The number of fused-ring (bicyclic) bond motifs is 1. The van der Waals surface area contributed by atoms with Crippen molar-refractivity contribution in [3.05, 3.63) is 47.2 Å². The highest BCUT2D eigenvalue weighted by Gasteiger charge is 2.12. The zero-order valence-electron chi connectivity index (χ0n) is 15.1. The van der Waals surface area contributed by atoms with Gasteiger partial charge in [0.15, 0.2) is 0 Å². The molecule has 3 aromatic rings. The predicted molar refractivity (Wildman–Crippen MR) is 108 cm³/mol. The number of nitriles is 2. The molecular formula is C21H20ClN5. The highest BCUT2D eigenvalue weighted by Crippen LogP contribution is 2.34. The van der Waals surface area contributed by atoms with Gasteiger partial charge in [-0.15, -0.1) is 0 Å². The van der Waals surface area contributed by atoms with Crippen molar-refractivity contribution in [3.8, 4) is 23.3 Å². The maximum absolute atomic E-state index is 9.14. The SMILES string of the molecule is CCC(CCC#N)CNc1cc(Cl)c(-c2c[nH]c3ccc(C#N)cc23)cn1. The lowest BCUT2D eigenvalue weighted by atomic mass is 10.0. The van der Waals surface area contributed by atoms with Gasteiger partial charge in [-0.3, -0.25) is 0 Å². The van der Waals surface area contributed by atoms with Crippen molar-refractivity contribution in [1.29, 1.82) is 10.5 Å². The molecule has 1 atom stereocenters. The van der Waals surface area contributed by atoms with Gasteiger partial charge in [0.05, 0.1) is 22.7 Å². The van der Waals surface area contributed by atoms with E-state index in [4.69, 9.17) is 22.1 Å². The fourth-order valence-corrected chi connectivity index (χ4v) is 3.36. The standard InChI is InChI=1S/C21H20ClN5/c1-2-14(4-3-7-23)11-26-21-9-19(22)18(13-27-21)17-12-25-20-6-5-15(10-24)8-16(17)20/h5-6,8-9,12-14,25H,2-4,11H2,1H3,(H,26,27). The maximum Gasteiger partial charge on any atom is 0.127 e. The minimum Gasteiger partial charge on any atom is -0.370 e. The number of H-pyrrole nitrogens is 1. The van der Waals surface area contributed by atoms with Crippen LogP contribution in [0.4, 0.5) is 5.82 Å². The van der Waals surface area contributed by atoms with E-state index in [0.717, 1.165) is 47.2 Å². The van der Waals surface area contributed by atoms with Gasteiger partial charge in [-0.2, -0.15) is 10.5 Å². The van der Waals surface area contributed by atoms with Crippen LogP contribution in [0.25, 0.3) is 22.0 Å². The summed E-state index contributed by atoms with van der Waals surface area (Å²) in [6.07, 6.45) is 6.09. The molecule has 0 spiro atoms. The van der Waals surface area contributed by atoms with Crippen LogP contribution in [0.15, 0.2) is 36.7 Å². The molecular weight excluding hydrogens is 358 g/mol. The number of pyridine rings is 1. The second kappa shape index (κ2) is 8.58. The Balaban J connectivity index is 1.81. The Bertz CT molecular complexity index is 1030. The van der Waals surface area contributed by atoms with Gasteiger partial charge in [-0.1, -0.05) is 24.9 Å². The highest BCUT2D eigenvalue weighted by molar-refractivity contribution is 6.34. The fourth-order valence-electron chi connectivity index (χ4n) is 3.11. The number of anilines is 1. The molecule has 0 aliphatic heterocycles. The van der Waals surface area contributed by atoms with E-state index in [1.54, 1.807) is 12.3 Å². The van der Waals surface area contributed by atoms with Crippen LogP contribution in [0, 0.1) is 28.6 Å². The quantitative estimate of drug-likeness (QED) is 0.569. The van der Waals surface area contributed by atoms with Crippen molar-refractivity contribution >= 4 is 28.3 Å². The number of aromatic nitrogens is 2. The number of benzene rings is 1. The van der Waals surface area contributed by atoms with Gasteiger partial charge >= 0.3 is 0 Å². The minimum absolute atomic E-state index is 0.433. The zero-order valence-corrected chi connectivity index (χ0v) is 15.8. The van der Waals surface area contributed by atoms with Crippen LogP contribution in [0.5, 0.6) is 0 Å². The van der Waals surface area contributed by atoms with Crippen molar-refractivity contribution < 1.29 is 0 Å². The summed E-state index contributed by atoms with van der Waals surface area (Å²) in [6, 6.07) is 11.7. The third-order valence-corrected chi connectivity index (χ3v) is 5.08. The molecule has 1 aromatic carbocycles. The molecule has 0 bridgehead atoms. The van der Waals surface area contributed by atoms with E-state index >= 15 is 0 Å². The van der Waals surface area contributed by atoms with E-state index in [2.05, 4.69) is 34.3 Å². The monoisotopic (exact) mass is 377 g/mol. The Kier molecular flexibility index (Phi) is 5.96. The lowest BCUT2D eigenvalue weighted by Gasteiger charge is -2.15. The van der Waals surface area contributed by atoms with Crippen LogP contribution in [-0.4, -0.2) is 16.5 Å². The van der Waals surface area contributed by atoms with Gasteiger partial charge < -0.3 is 10.3 Å². The molecule has 0 amide bonds. The van der Waals surface area contributed by atoms with Crippen LogP contribution in [0.2, 0.25) is 5.02 Å².